The van der Waals surface area contributed by atoms with Crippen molar-refractivity contribution in [1.82, 2.24) is 14.7 Å². The molecule has 6 aliphatic rings. The molecule has 7 rings (SSSR count). The van der Waals surface area contributed by atoms with E-state index < -0.39 is 0 Å². The lowest BCUT2D eigenvalue weighted by molar-refractivity contribution is -0.153. The summed E-state index contributed by atoms with van der Waals surface area (Å²) in [4.78, 5) is 32.4. The summed E-state index contributed by atoms with van der Waals surface area (Å²) in [7, 11) is 0. The van der Waals surface area contributed by atoms with E-state index in [2.05, 4.69) is 17.0 Å². The third-order valence-corrected chi connectivity index (χ3v) is 7.66. The van der Waals surface area contributed by atoms with E-state index in [-0.39, 0.29) is 36.6 Å². The van der Waals surface area contributed by atoms with Crippen molar-refractivity contribution in [2.75, 3.05) is 39.5 Å². The summed E-state index contributed by atoms with van der Waals surface area (Å²) in [5, 5.41) is 0. The molecule has 0 spiro atoms. The average Bonchev–Trinajstić information content (AvgIpc) is 3.52. The lowest BCUT2D eigenvalue weighted by atomic mass is 9.75. The van der Waals surface area contributed by atoms with E-state index >= 15 is 0 Å². The topological polar surface area (TPSA) is 62.3 Å². The van der Waals surface area contributed by atoms with E-state index in [9.17, 15) is 9.59 Å². The molecule has 1 aromatic rings. The minimum Gasteiger partial charge on any atom is -0.454 e. The minimum absolute atomic E-state index is 0.145. The fourth-order valence-electron chi connectivity index (χ4n) is 6.27. The summed E-state index contributed by atoms with van der Waals surface area (Å²) in [6.07, 6.45) is 4.25. The van der Waals surface area contributed by atoms with Gasteiger partial charge in [-0.2, -0.15) is 0 Å². The van der Waals surface area contributed by atoms with Gasteiger partial charge in [-0.15, -0.1) is 0 Å². The van der Waals surface area contributed by atoms with E-state index in [0.717, 1.165) is 50.3 Å². The zero-order chi connectivity index (χ0) is 19.5. The predicted octanol–water partition coefficient (Wildman–Crippen LogP) is 1.43. The largest absolute Gasteiger partial charge is 0.454 e. The van der Waals surface area contributed by atoms with Crippen molar-refractivity contribution in [3.05, 3.63) is 23.8 Å². The van der Waals surface area contributed by atoms with Crippen LogP contribution in [0.2, 0.25) is 0 Å². The fraction of sp³-hybridized carbons (Fsp3) is 0.636. The van der Waals surface area contributed by atoms with Crippen molar-refractivity contribution in [1.29, 1.82) is 0 Å². The van der Waals surface area contributed by atoms with Crippen molar-refractivity contribution in [3.8, 4) is 11.5 Å². The molecule has 1 aromatic carbocycles. The van der Waals surface area contributed by atoms with Gasteiger partial charge in [0.15, 0.2) is 11.5 Å². The number of hydrogen-bond acceptors (Lipinski definition) is 5. The van der Waals surface area contributed by atoms with Gasteiger partial charge in [-0.3, -0.25) is 14.5 Å². The van der Waals surface area contributed by atoms with Gasteiger partial charge < -0.3 is 19.3 Å². The summed E-state index contributed by atoms with van der Waals surface area (Å²) >= 11 is 0. The molecule has 5 fully saturated rings. The molecule has 6 aliphatic heterocycles. The second-order valence-electron chi connectivity index (χ2n) is 9.03. The van der Waals surface area contributed by atoms with E-state index in [4.69, 9.17) is 9.47 Å². The molecule has 0 saturated carbocycles. The Hall–Kier alpha value is -2.28. The van der Waals surface area contributed by atoms with Crippen molar-refractivity contribution in [2.24, 2.45) is 5.92 Å². The monoisotopic (exact) mass is 397 g/mol. The smallest absolute Gasteiger partial charge is 0.312 e. The van der Waals surface area contributed by atoms with Gasteiger partial charge in [0.25, 0.3) is 0 Å². The number of hydrogen-bond donors (Lipinski definition) is 0. The van der Waals surface area contributed by atoms with Crippen LogP contribution < -0.4 is 9.47 Å². The van der Waals surface area contributed by atoms with Gasteiger partial charge in [-0.05, 0) is 62.4 Å². The van der Waals surface area contributed by atoms with Crippen LogP contribution in [0, 0.1) is 5.92 Å². The number of likely N-dealkylation sites (tertiary alicyclic amines) is 2. The number of piperidine rings is 3. The second kappa shape index (κ2) is 6.62. The van der Waals surface area contributed by atoms with Crippen molar-refractivity contribution in [3.63, 3.8) is 0 Å². The zero-order valence-electron chi connectivity index (χ0n) is 16.6. The number of carbonyl (C=O) groups is 2. The van der Waals surface area contributed by atoms with E-state index in [1.54, 1.807) is 4.90 Å². The number of amides is 2. The standard InChI is InChI=1S/C22H27N3O4/c26-21(24-7-1-2-8-24)22(27)25-12-16(15-3-4-17-18(11-15)29-13-28-17)20-19(25)14-5-9-23(20)10-6-14/h3-4,11,14,16,19-20H,1-2,5-10,12-13H2/t16-,19+,20+/m1/s1. The number of ether oxygens (including phenoxy) is 2. The molecule has 2 bridgehead atoms. The Morgan fingerprint density at radius 2 is 1.66 bits per heavy atom. The van der Waals surface area contributed by atoms with Crippen LogP contribution in [-0.4, -0.2) is 78.1 Å². The quantitative estimate of drug-likeness (QED) is 0.671. The lowest BCUT2D eigenvalue weighted by Crippen LogP contribution is -2.61. The Morgan fingerprint density at radius 3 is 2.45 bits per heavy atom. The molecule has 7 heteroatoms. The number of carbonyl (C=O) groups excluding carboxylic acids is 2. The first-order valence-corrected chi connectivity index (χ1v) is 10.9. The highest BCUT2D eigenvalue weighted by atomic mass is 16.7. The first kappa shape index (κ1) is 17.6. The van der Waals surface area contributed by atoms with Crippen LogP contribution in [0.3, 0.4) is 0 Å². The highest BCUT2D eigenvalue weighted by Crippen LogP contribution is 2.48. The van der Waals surface area contributed by atoms with Crippen molar-refractivity contribution in [2.45, 2.75) is 43.7 Å². The Morgan fingerprint density at radius 1 is 0.897 bits per heavy atom. The first-order chi connectivity index (χ1) is 14.2. The predicted molar refractivity (Wildman–Crippen MR) is 105 cm³/mol. The highest BCUT2D eigenvalue weighted by molar-refractivity contribution is 6.35. The molecular weight excluding hydrogens is 370 g/mol. The molecule has 0 radical (unpaired) electrons. The molecule has 154 valence electrons. The van der Waals surface area contributed by atoms with Crippen molar-refractivity contribution < 1.29 is 19.1 Å². The number of fused-ring (bicyclic) bond motifs is 3. The number of nitrogens with zero attached hydrogens (tertiary/aromatic N) is 3. The number of benzene rings is 1. The van der Waals surface area contributed by atoms with Crippen LogP contribution in [0.15, 0.2) is 18.2 Å². The molecule has 0 aliphatic carbocycles. The fourth-order valence-corrected chi connectivity index (χ4v) is 6.27. The van der Waals surface area contributed by atoms with Gasteiger partial charge in [-0.1, -0.05) is 6.07 Å². The maximum atomic E-state index is 13.3. The number of rotatable bonds is 1. The maximum absolute atomic E-state index is 13.3. The van der Waals surface area contributed by atoms with Gasteiger partial charge >= 0.3 is 11.8 Å². The molecule has 7 nitrogen and oxygen atoms in total. The summed E-state index contributed by atoms with van der Waals surface area (Å²) in [5.41, 5.74) is 1.18. The Bertz CT molecular complexity index is 844. The first-order valence-electron chi connectivity index (χ1n) is 10.9. The zero-order valence-corrected chi connectivity index (χ0v) is 16.6. The van der Waals surface area contributed by atoms with E-state index in [1.165, 1.54) is 5.56 Å². The summed E-state index contributed by atoms with van der Waals surface area (Å²) in [5.74, 6) is 1.68. The lowest BCUT2D eigenvalue weighted by Gasteiger charge is -2.51. The Balaban J connectivity index is 1.33. The van der Waals surface area contributed by atoms with E-state index in [1.807, 2.05) is 11.0 Å². The van der Waals surface area contributed by atoms with Crippen LogP contribution in [0.4, 0.5) is 0 Å². The van der Waals surface area contributed by atoms with Gasteiger partial charge in [-0.25, -0.2) is 0 Å². The Labute approximate surface area is 170 Å². The molecule has 6 heterocycles. The highest BCUT2D eigenvalue weighted by Gasteiger charge is 2.55. The third-order valence-electron chi connectivity index (χ3n) is 7.66. The SMILES string of the molecule is O=C(C(=O)N1C[C@H](c2ccc3c(c2)OCO3)[C@H]2[C@@H]1C1CCN2CC1)N1CCCC1. The molecule has 3 atom stereocenters. The minimum atomic E-state index is -0.302. The summed E-state index contributed by atoms with van der Waals surface area (Å²) < 4.78 is 11.1. The van der Waals surface area contributed by atoms with Crippen LogP contribution in [0.1, 0.15) is 37.2 Å². The van der Waals surface area contributed by atoms with Crippen LogP contribution in [-0.2, 0) is 9.59 Å². The van der Waals surface area contributed by atoms with Gasteiger partial charge in [0, 0.05) is 31.6 Å². The summed E-state index contributed by atoms with van der Waals surface area (Å²) in [6.45, 7) is 4.49. The third kappa shape index (κ3) is 2.66. The van der Waals surface area contributed by atoms with Gasteiger partial charge in [0.2, 0.25) is 6.79 Å². The maximum Gasteiger partial charge on any atom is 0.312 e. The van der Waals surface area contributed by atoms with Crippen LogP contribution >= 0.6 is 0 Å². The van der Waals surface area contributed by atoms with Crippen molar-refractivity contribution >= 4 is 11.8 Å². The van der Waals surface area contributed by atoms with Gasteiger partial charge in [0.05, 0.1) is 6.04 Å². The molecular formula is C22H27N3O4. The molecule has 5 saturated heterocycles. The van der Waals surface area contributed by atoms with Crippen LogP contribution in [0.25, 0.3) is 0 Å². The van der Waals surface area contributed by atoms with E-state index in [0.29, 0.717) is 25.6 Å². The van der Waals surface area contributed by atoms with Gasteiger partial charge in [0.1, 0.15) is 0 Å². The molecule has 2 amide bonds. The summed E-state index contributed by atoms with van der Waals surface area (Å²) in [6, 6.07) is 6.59. The Kier molecular flexibility index (Phi) is 4.01. The molecule has 0 aromatic heterocycles. The second-order valence-corrected chi connectivity index (χ2v) is 9.03. The molecule has 29 heavy (non-hydrogen) atoms. The molecule has 0 unspecified atom stereocenters. The normalized spacial score (nSPS) is 34.6. The van der Waals surface area contributed by atoms with Crippen LogP contribution in [0.5, 0.6) is 11.5 Å². The average molecular weight is 397 g/mol. The molecule has 0 N–H and O–H groups in total.